The summed E-state index contributed by atoms with van der Waals surface area (Å²) in [4.78, 5) is 11.5. The van der Waals surface area contributed by atoms with Gasteiger partial charge >= 0.3 is 0 Å². The molecule has 1 N–H and O–H groups in total. The summed E-state index contributed by atoms with van der Waals surface area (Å²) in [5.41, 5.74) is 1.61. The third-order valence-corrected chi connectivity index (χ3v) is 3.05. The van der Waals surface area contributed by atoms with Crippen molar-refractivity contribution in [1.29, 1.82) is 0 Å². The molecule has 0 saturated carbocycles. The lowest BCUT2D eigenvalue weighted by Gasteiger charge is -2.06. The molecule has 2 aromatic rings. The molecule has 0 saturated heterocycles. The fourth-order valence-corrected chi connectivity index (χ4v) is 2.14. The van der Waals surface area contributed by atoms with Crippen molar-refractivity contribution in [2.75, 3.05) is 0 Å². The summed E-state index contributed by atoms with van der Waals surface area (Å²) in [6, 6.07) is 8.58. The highest BCUT2D eigenvalue weighted by atomic mass is 19.1. The Kier molecular flexibility index (Phi) is 2.37. The Morgan fingerprint density at radius 2 is 1.78 bits per heavy atom. The molecule has 2 aromatic carbocycles. The summed E-state index contributed by atoms with van der Waals surface area (Å²) in [5.74, 6) is -1.47. The lowest BCUT2D eigenvalue weighted by atomic mass is 9.99. The number of benzene rings is 2. The SMILES string of the molecule is O=C1NCc2ccc(-c3c(F)cccc3F)cc21. The van der Waals surface area contributed by atoms with Gasteiger partial charge in [0.05, 0.1) is 5.56 Å². The van der Waals surface area contributed by atoms with Gasteiger partial charge in [-0.1, -0.05) is 18.2 Å². The Bertz CT molecular complexity index is 632. The Morgan fingerprint density at radius 3 is 2.50 bits per heavy atom. The first-order valence-electron chi connectivity index (χ1n) is 5.52. The van der Waals surface area contributed by atoms with Crippen molar-refractivity contribution in [3.63, 3.8) is 0 Å². The first kappa shape index (κ1) is 10.9. The number of carbonyl (C=O) groups is 1. The predicted molar refractivity (Wildman–Crippen MR) is 63.0 cm³/mol. The molecule has 0 radical (unpaired) electrons. The van der Waals surface area contributed by atoms with Gasteiger partial charge in [0.2, 0.25) is 0 Å². The van der Waals surface area contributed by atoms with Gasteiger partial charge in [0.25, 0.3) is 5.91 Å². The molecule has 0 unspecified atom stereocenters. The van der Waals surface area contributed by atoms with E-state index in [1.165, 1.54) is 24.3 Å². The molecule has 1 aliphatic heterocycles. The summed E-state index contributed by atoms with van der Waals surface area (Å²) in [7, 11) is 0. The number of nitrogens with one attached hydrogen (secondary N) is 1. The van der Waals surface area contributed by atoms with Gasteiger partial charge in [-0.25, -0.2) is 8.78 Å². The van der Waals surface area contributed by atoms with Gasteiger partial charge in [0.1, 0.15) is 11.6 Å². The molecule has 90 valence electrons. The molecule has 2 nitrogen and oxygen atoms in total. The van der Waals surface area contributed by atoms with Crippen molar-refractivity contribution >= 4 is 5.91 Å². The van der Waals surface area contributed by atoms with E-state index in [-0.39, 0.29) is 11.5 Å². The van der Waals surface area contributed by atoms with Crippen LogP contribution in [0.5, 0.6) is 0 Å². The van der Waals surface area contributed by atoms with Gasteiger partial charge < -0.3 is 5.32 Å². The second-order valence-corrected chi connectivity index (χ2v) is 4.15. The van der Waals surface area contributed by atoms with Gasteiger partial charge in [-0.3, -0.25) is 4.79 Å². The zero-order valence-electron chi connectivity index (χ0n) is 9.34. The molecule has 0 bridgehead atoms. The lowest BCUT2D eigenvalue weighted by molar-refractivity contribution is 0.0966. The number of hydrogen-bond donors (Lipinski definition) is 1. The third kappa shape index (κ3) is 1.57. The largest absolute Gasteiger partial charge is 0.348 e. The minimum atomic E-state index is -0.631. The third-order valence-electron chi connectivity index (χ3n) is 3.05. The summed E-state index contributed by atoms with van der Waals surface area (Å²) in [6.07, 6.45) is 0. The van der Waals surface area contributed by atoms with Crippen LogP contribution in [0.1, 0.15) is 15.9 Å². The molecule has 0 fully saturated rings. The monoisotopic (exact) mass is 245 g/mol. The highest BCUT2D eigenvalue weighted by Crippen LogP contribution is 2.29. The zero-order valence-corrected chi connectivity index (χ0v) is 9.34. The molecule has 1 aliphatic rings. The number of hydrogen-bond acceptors (Lipinski definition) is 1. The van der Waals surface area contributed by atoms with Crippen LogP contribution in [-0.2, 0) is 6.54 Å². The standard InChI is InChI=1S/C14H9F2NO/c15-11-2-1-3-12(16)13(11)8-4-5-9-7-17-14(18)10(9)6-8/h1-6H,7H2,(H,17,18). The van der Waals surface area contributed by atoms with Crippen LogP contribution >= 0.6 is 0 Å². The van der Waals surface area contributed by atoms with Crippen LogP contribution in [0.3, 0.4) is 0 Å². The molecule has 0 aliphatic carbocycles. The van der Waals surface area contributed by atoms with E-state index in [0.29, 0.717) is 17.7 Å². The normalized spacial score (nSPS) is 13.3. The first-order chi connectivity index (χ1) is 8.66. The minimum Gasteiger partial charge on any atom is -0.348 e. The van der Waals surface area contributed by atoms with E-state index >= 15 is 0 Å². The summed E-state index contributed by atoms with van der Waals surface area (Å²) < 4.78 is 27.3. The Balaban J connectivity index is 2.19. The van der Waals surface area contributed by atoms with Crippen LogP contribution in [-0.4, -0.2) is 5.91 Å². The fourth-order valence-electron chi connectivity index (χ4n) is 2.14. The van der Waals surface area contributed by atoms with Crippen molar-refractivity contribution in [3.8, 4) is 11.1 Å². The van der Waals surface area contributed by atoms with Gasteiger partial charge in [-0.15, -0.1) is 0 Å². The van der Waals surface area contributed by atoms with Crippen LogP contribution in [0.2, 0.25) is 0 Å². The second kappa shape index (κ2) is 3.91. The van der Waals surface area contributed by atoms with E-state index in [4.69, 9.17) is 0 Å². The average molecular weight is 245 g/mol. The van der Waals surface area contributed by atoms with E-state index in [2.05, 4.69) is 5.32 Å². The second-order valence-electron chi connectivity index (χ2n) is 4.15. The highest BCUT2D eigenvalue weighted by molar-refractivity contribution is 5.99. The smallest absolute Gasteiger partial charge is 0.251 e. The highest BCUT2D eigenvalue weighted by Gasteiger charge is 2.20. The van der Waals surface area contributed by atoms with Crippen LogP contribution in [0.25, 0.3) is 11.1 Å². The van der Waals surface area contributed by atoms with E-state index in [1.54, 1.807) is 12.1 Å². The molecule has 0 aromatic heterocycles. The van der Waals surface area contributed by atoms with Crippen LogP contribution < -0.4 is 5.32 Å². The minimum absolute atomic E-state index is 0.0972. The fraction of sp³-hybridized carbons (Fsp3) is 0.0714. The van der Waals surface area contributed by atoms with Gasteiger partial charge in [0, 0.05) is 12.1 Å². The Morgan fingerprint density at radius 1 is 1.06 bits per heavy atom. The number of fused-ring (bicyclic) bond motifs is 1. The van der Waals surface area contributed by atoms with Gasteiger partial charge in [-0.05, 0) is 29.3 Å². The maximum absolute atomic E-state index is 13.6. The van der Waals surface area contributed by atoms with Crippen LogP contribution in [0, 0.1) is 11.6 Å². The van der Waals surface area contributed by atoms with E-state index in [9.17, 15) is 13.6 Å². The topological polar surface area (TPSA) is 29.1 Å². The van der Waals surface area contributed by atoms with Crippen LogP contribution in [0.15, 0.2) is 36.4 Å². The molecule has 1 heterocycles. The van der Waals surface area contributed by atoms with E-state index < -0.39 is 11.6 Å². The van der Waals surface area contributed by atoms with Crippen molar-refractivity contribution in [1.82, 2.24) is 5.32 Å². The molecule has 0 spiro atoms. The molecule has 1 amide bonds. The summed E-state index contributed by atoms with van der Waals surface area (Å²) in [5, 5.41) is 2.67. The predicted octanol–water partition coefficient (Wildman–Crippen LogP) is 2.88. The Hall–Kier alpha value is -2.23. The average Bonchev–Trinajstić information content (AvgIpc) is 2.71. The van der Waals surface area contributed by atoms with Crippen molar-refractivity contribution in [3.05, 3.63) is 59.2 Å². The van der Waals surface area contributed by atoms with Crippen molar-refractivity contribution in [2.24, 2.45) is 0 Å². The summed E-state index contributed by atoms with van der Waals surface area (Å²) in [6.45, 7) is 0.466. The quantitative estimate of drug-likeness (QED) is 0.822. The van der Waals surface area contributed by atoms with Gasteiger partial charge in [-0.2, -0.15) is 0 Å². The lowest BCUT2D eigenvalue weighted by Crippen LogP contribution is -2.12. The van der Waals surface area contributed by atoms with E-state index in [0.717, 1.165) is 5.56 Å². The van der Waals surface area contributed by atoms with Crippen molar-refractivity contribution < 1.29 is 13.6 Å². The number of halogens is 2. The zero-order chi connectivity index (χ0) is 12.7. The molecule has 0 atom stereocenters. The maximum atomic E-state index is 13.6. The molecule has 18 heavy (non-hydrogen) atoms. The first-order valence-corrected chi connectivity index (χ1v) is 5.52. The van der Waals surface area contributed by atoms with Gasteiger partial charge in [0.15, 0.2) is 0 Å². The molecular weight excluding hydrogens is 236 g/mol. The number of rotatable bonds is 1. The maximum Gasteiger partial charge on any atom is 0.251 e. The number of carbonyl (C=O) groups excluding carboxylic acids is 1. The Labute approximate surface area is 102 Å². The molecule has 4 heteroatoms. The van der Waals surface area contributed by atoms with Crippen molar-refractivity contribution in [2.45, 2.75) is 6.54 Å². The molecule has 3 rings (SSSR count). The van der Waals surface area contributed by atoms with Crippen LogP contribution in [0.4, 0.5) is 8.78 Å². The number of amides is 1. The molecular formula is C14H9F2NO. The summed E-state index contributed by atoms with van der Waals surface area (Å²) >= 11 is 0. The van der Waals surface area contributed by atoms with E-state index in [1.807, 2.05) is 0 Å².